The SMILES string of the molecule is c1ccc(-c2ccccc2CN2C[C@@H]3OCC(Nc4ccccn4)CO[C@H]3C2)cc1. The monoisotopic (exact) mass is 401 g/mol. The highest BCUT2D eigenvalue weighted by atomic mass is 16.6. The summed E-state index contributed by atoms with van der Waals surface area (Å²) in [5.41, 5.74) is 3.90. The molecule has 2 atom stereocenters. The van der Waals surface area contributed by atoms with Crippen molar-refractivity contribution in [1.29, 1.82) is 0 Å². The van der Waals surface area contributed by atoms with Crippen molar-refractivity contribution >= 4 is 5.82 Å². The predicted octanol–water partition coefficient (Wildman–Crippen LogP) is 3.83. The first-order valence-corrected chi connectivity index (χ1v) is 10.6. The maximum atomic E-state index is 6.24. The number of hydrogen-bond donors (Lipinski definition) is 1. The van der Waals surface area contributed by atoms with Crippen LogP contribution in [0.4, 0.5) is 5.82 Å². The fourth-order valence-electron chi connectivity index (χ4n) is 4.33. The largest absolute Gasteiger partial charge is 0.372 e. The van der Waals surface area contributed by atoms with Gasteiger partial charge in [-0.2, -0.15) is 0 Å². The Hall–Kier alpha value is -2.73. The molecule has 5 rings (SSSR count). The number of nitrogens with one attached hydrogen (secondary N) is 1. The molecule has 0 saturated carbocycles. The smallest absolute Gasteiger partial charge is 0.126 e. The molecule has 0 unspecified atom stereocenters. The molecule has 30 heavy (non-hydrogen) atoms. The Bertz CT molecular complexity index is 935. The Morgan fingerprint density at radius 3 is 2.27 bits per heavy atom. The number of aromatic nitrogens is 1. The summed E-state index contributed by atoms with van der Waals surface area (Å²) >= 11 is 0. The lowest BCUT2D eigenvalue weighted by molar-refractivity contribution is -0.00461. The van der Waals surface area contributed by atoms with Crippen LogP contribution in [0.5, 0.6) is 0 Å². The molecule has 0 aliphatic carbocycles. The normalized spacial score (nSPS) is 22.4. The Labute approximate surface area is 177 Å². The number of fused-ring (bicyclic) bond motifs is 1. The second-order valence-corrected chi connectivity index (χ2v) is 8.02. The van der Waals surface area contributed by atoms with Crippen LogP contribution in [0.3, 0.4) is 0 Å². The lowest BCUT2D eigenvalue weighted by Gasteiger charge is -2.20. The molecule has 0 radical (unpaired) electrons. The molecule has 5 heteroatoms. The van der Waals surface area contributed by atoms with Gasteiger partial charge in [-0.25, -0.2) is 4.98 Å². The van der Waals surface area contributed by atoms with E-state index >= 15 is 0 Å². The van der Waals surface area contributed by atoms with Crippen molar-refractivity contribution < 1.29 is 9.47 Å². The molecule has 2 aromatic carbocycles. The quantitative estimate of drug-likeness (QED) is 0.704. The van der Waals surface area contributed by atoms with Gasteiger partial charge in [0.25, 0.3) is 0 Å². The molecular weight excluding hydrogens is 374 g/mol. The molecule has 5 nitrogen and oxygen atoms in total. The van der Waals surface area contributed by atoms with Gasteiger partial charge in [0.2, 0.25) is 0 Å². The molecule has 0 bridgehead atoms. The zero-order valence-electron chi connectivity index (χ0n) is 17.0. The zero-order valence-corrected chi connectivity index (χ0v) is 17.0. The predicted molar refractivity (Wildman–Crippen MR) is 118 cm³/mol. The van der Waals surface area contributed by atoms with Crippen LogP contribution in [-0.2, 0) is 16.0 Å². The van der Waals surface area contributed by atoms with E-state index < -0.39 is 0 Å². The third kappa shape index (κ3) is 4.38. The topological polar surface area (TPSA) is 46.6 Å². The maximum absolute atomic E-state index is 6.24. The van der Waals surface area contributed by atoms with Gasteiger partial charge in [-0.15, -0.1) is 0 Å². The molecule has 3 aromatic rings. The van der Waals surface area contributed by atoms with Crippen molar-refractivity contribution in [1.82, 2.24) is 9.88 Å². The van der Waals surface area contributed by atoms with Crippen molar-refractivity contribution in [2.24, 2.45) is 0 Å². The average Bonchev–Trinajstić information content (AvgIpc) is 3.09. The van der Waals surface area contributed by atoms with Gasteiger partial charge in [-0.1, -0.05) is 60.7 Å². The Morgan fingerprint density at radius 1 is 0.833 bits per heavy atom. The Balaban J connectivity index is 1.21. The van der Waals surface area contributed by atoms with Gasteiger partial charge in [0.15, 0.2) is 0 Å². The number of likely N-dealkylation sites (tertiary alicyclic amines) is 1. The van der Waals surface area contributed by atoms with Gasteiger partial charge in [0.1, 0.15) is 5.82 Å². The van der Waals surface area contributed by atoms with E-state index in [1.165, 1.54) is 16.7 Å². The van der Waals surface area contributed by atoms with E-state index in [0.717, 1.165) is 25.5 Å². The number of nitrogens with zero attached hydrogens (tertiary/aromatic N) is 2. The van der Waals surface area contributed by atoms with E-state index in [1.807, 2.05) is 18.2 Å². The van der Waals surface area contributed by atoms with E-state index in [9.17, 15) is 0 Å². The summed E-state index contributed by atoms with van der Waals surface area (Å²) in [7, 11) is 0. The first-order valence-electron chi connectivity index (χ1n) is 10.6. The summed E-state index contributed by atoms with van der Waals surface area (Å²) in [6.07, 6.45) is 2.02. The average molecular weight is 402 g/mol. The molecule has 154 valence electrons. The minimum atomic E-state index is 0.115. The van der Waals surface area contributed by atoms with E-state index in [2.05, 4.69) is 69.8 Å². The highest BCUT2D eigenvalue weighted by molar-refractivity contribution is 5.67. The summed E-state index contributed by atoms with van der Waals surface area (Å²) in [5, 5.41) is 3.41. The summed E-state index contributed by atoms with van der Waals surface area (Å²) in [6.45, 7) is 3.95. The summed E-state index contributed by atoms with van der Waals surface area (Å²) < 4.78 is 12.5. The van der Waals surface area contributed by atoms with Crippen molar-refractivity contribution in [3.63, 3.8) is 0 Å². The van der Waals surface area contributed by atoms with Gasteiger partial charge in [0.05, 0.1) is 31.5 Å². The van der Waals surface area contributed by atoms with Crippen LogP contribution in [0.15, 0.2) is 79.0 Å². The van der Waals surface area contributed by atoms with E-state index in [4.69, 9.17) is 9.47 Å². The van der Waals surface area contributed by atoms with Crippen LogP contribution >= 0.6 is 0 Å². The zero-order chi connectivity index (χ0) is 20.2. The van der Waals surface area contributed by atoms with Gasteiger partial charge in [-0.05, 0) is 28.8 Å². The fourth-order valence-corrected chi connectivity index (χ4v) is 4.33. The van der Waals surface area contributed by atoms with Crippen LogP contribution in [0, 0.1) is 0 Å². The summed E-state index contributed by atoms with van der Waals surface area (Å²) in [6, 6.07) is 25.3. The fraction of sp³-hybridized carbons (Fsp3) is 0.320. The van der Waals surface area contributed by atoms with Crippen LogP contribution < -0.4 is 5.32 Å². The molecule has 0 amide bonds. The lowest BCUT2D eigenvalue weighted by Crippen LogP contribution is -2.31. The molecular formula is C25H27N3O2. The number of benzene rings is 2. The Kier molecular flexibility index (Phi) is 5.75. The Morgan fingerprint density at radius 2 is 1.53 bits per heavy atom. The van der Waals surface area contributed by atoms with Crippen LogP contribution in [0.1, 0.15) is 5.56 Å². The third-order valence-corrected chi connectivity index (χ3v) is 5.83. The highest BCUT2D eigenvalue weighted by Gasteiger charge is 2.37. The second-order valence-electron chi connectivity index (χ2n) is 8.02. The number of ether oxygens (including phenoxy) is 2. The minimum Gasteiger partial charge on any atom is -0.372 e. The highest BCUT2D eigenvalue weighted by Crippen LogP contribution is 2.27. The second kappa shape index (κ2) is 8.96. The third-order valence-electron chi connectivity index (χ3n) is 5.83. The molecule has 0 spiro atoms. The first-order chi connectivity index (χ1) is 14.8. The molecule has 2 aliphatic heterocycles. The van der Waals surface area contributed by atoms with Gasteiger partial charge in [0, 0.05) is 25.8 Å². The molecule has 2 saturated heterocycles. The summed E-state index contributed by atoms with van der Waals surface area (Å²) in [4.78, 5) is 6.79. The lowest BCUT2D eigenvalue weighted by atomic mass is 9.99. The van der Waals surface area contributed by atoms with Gasteiger partial charge < -0.3 is 14.8 Å². The van der Waals surface area contributed by atoms with Crippen LogP contribution in [-0.4, -0.2) is 54.4 Å². The van der Waals surface area contributed by atoms with Crippen molar-refractivity contribution in [2.45, 2.75) is 24.8 Å². The van der Waals surface area contributed by atoms with Crippen molar-refractivity contribution in [3.05, 3.63) is 84.6 Å². The molecule has 2 fully saturated rings. The minimum absolute atomic E-state index is 0.115. The van der Waals surface area contributed by atoms with Crippen molar-refractivity contribution in [2.75, 3.05) is 31.6 Å². The van der Waals surface area contributed by atoms with Gasteiger partial charge >= 0.3 is 0 Å². The standard InChI is InChI=1S/C25H27N3O2/c1-2-8-19(9-3-1)22-11-5-4-10-20(22)14-28-15-23-24(16-28)30-18-21(17-29-23)27-25-12-6-7-13-26-25/h1-13,21,23-24H,14-18H2,(H,26,27)/t23-,24-/m0/s1. The first kappa shape index (κ1) is 19.2. The number of pyridine rings is 1. The summed E-state index contributed by atoms with van der Waals surface area (Å²) in [5.74, 6) is 0.862. The van der Waals surface area contributed by atoms with E-state index in [1.54, 1.807) is 6.20 Å². The number of hydrogen-bond acceptors (Lipinski definition) is 5. The molecule has 3 heterocycles. The van der Waals surface area contributed by atoms with Crippen LogP contribution in [0.2, 0.25) is 0 Å². The molecule has 1 N–H and O–H groups in total. The number of rotatable bonds is 5. The number of anilines is 1. The van der Waals surface area contributed by atoms with Crippen molar-refractivity contribution in [3.8, 4) is 11.1 Å². The van der Waals surface area contributed by atoms with E-state index in [-0.39, 0.29) is 18.2 Å². The van der Waals surface area contributed by atoms with Gasteiger partial charge in [-0.3, -0.25) is 4.90 Å². The molecule has 1 aromatic heterocycles. The molecule has 2 aliphatic rings. The van der Waals surface area contributed by atoms with Crippen LogP contribution in [0.25, 0.3) is 11.1 Å². The maximum Gasteiger partial charge on any atom is 0.126 e. The van der Waals surface area contributed by atoms with E-state index in [0.29, 0.717) is 13.2 Å².